The Morgan fingerprint density at radius 2 is 1.32 bits per heavy atom. The first-order valence-electron chi connectivity index (χ1n) is 13.4. The fourth-order valence-corrected chi connectivity index (χ4v) is 7.53. The normalized spacial score (nSPS) is 18.8. The van der Waals surface area contributed by atoms with Crippen LogP contribution in [0.25, 0.3) is 38.6 Å². The largest absolute Gasteiger partial charge is 0.0839 e. The Bertz CT molecular complexity index is 1840. The number of fused-ring (bicyclic) bond motifs is 10. The van der Waals surface area contributed by atoms with Crippen molar-refractivity contribution in [1.82, 2.24) is 0 Å². The monoisotopic (exact) mass is 472 g/mol. The van der Waals surface area contributed by atoms with Crippen LogP contribution in [0.15, 0.2) is 115 Å². The van der Waals surface area contributed by atoms with E-state index >= 15 is 0 Å². The maximum absolute atomic E-state index is 2.51. The maximum Gasteiger partial charge on any atom is 0.0722 e. The zero-order chi connectivity index (χ0) is 24.7. The van der Waals surface area contributed by atoms with Crippen LogP contribution in [-0.2, 0) is 5.41 Å². The fourth-order valence-electron chi connectivity index (χ4n) is 7.53. The molecular formula is C37H28. The first-order chi connectivity index (χ1) is 18.2. The van der Waals surface area contributed by atoms with Crippen molar-refractivity contribution in [1.29, 1.82) is 0 Å². The van der Waals surface area contributed by atoms with Crippen LogP contribution in [0, 0.1) is 13.8 Å². The van der Waals surface area contributed by atoms with Crippen LogP contribution >= 0.6 is 0 Å². The van der Waals surface area contributed by atoms with Crippen molar-refractivity contribution in [2.24, 2.45) is 0 Å². The van der Waals surface area contributed by atoms with E-state index in [2.05, 4.69) is 123 Å². The van der Waals surface area contributed by atoms with Crippen molar-refractivity contribution < 1.29 is 0 Å². The van der Waals surface area contributed by atoms with Crippen LogP contribution < -0.4 is 0 Å². The van der Waals surface area contributed by atoms with Crippen LogP contribution in [0.1, 0.15) is 46.2 Å². The Labute approximate surface area is 218 Å². The first kappa shape index (κ1) is 21.0. The van der Waals surface area contributed by atoms with Gasteiger partial charge in [-0.1, -0.05) is 103 Å². The summed E-state index contributed by atoms with van der Waals surface area (Å²) >= 11 is 0. The van der Waals surface area contributed by atoms with Gasteiger partial charge in [0.2, 0.25) is 0 Å². The molecule has 0 saturated carbocycles. The summed E-state index contributed by atoms with van der Waals surface area (Å²) in [5, 5.41) is 2.64. The quantitative estimate of drug-likeness (QED) is 0.228. The van der Waals surface area contributed by atoms with E-state index < -0.39 is 0 Å². The summed E-state index contributed by atoms with van der Waals surface area (Å²) in [6.45, 7) is 4.57. The molecule has 176 valence electrons. The SMILES string of the molecule is Cc1cc2c(cc1-c1ccc3ccccc3c1C)-c1ccccc1C21C2=C(CCC=C2)c2ccccc21. The molecule has 0 saturated heterocycles. The molecule has 0 aliphatic heterocycles. The summed E-state index contributed by atoms with van der Waals surface area (Å²) < 4.78 is 0. The molecule has 3 aliphatic rings. The van der Waals surface area contributed by atoms with E-state index in [1.54, 1.807) is 0 Å². The second-order valence-electron chi connectivity index (χ2n) is 10.8. The molecule has 0 heteroatoms. The minimum absolute atomic E-state index is 0.226. The number of hydrogen-bond acceptors (Lipinski definition) is 0. The van der Waals surface area contributed by atoms with Gasteiger partial charge in [0.25, 0.3) is 0 Å². The van der Waals surface area contributed by atoms with E-state index in [0.717, 1.165) is 12.8 Å². The molecule has 8 rings (SSSR count). The predicted octanol–water partition coefficient (Wildman–Crippen LogP) is 9.56. The van der Waals surface area contributed by atoms with Crippen molar-refractivity contribution >= 4 is 16.3 Å². The molecule has 1 unspecified atom stereocenters. The second-order valence-corrected chi connectivity index (χ2v) is 10.8. The lowest BCUT2D eigenvalue weighted by atomic mass is 9.68. The van der Waals surface area contributed by atoms with Gasteiger partial charge in [-0.05, 0) is 110 Å². The molecule has 37 heavy (non-hydrogen) atoms. The summed E-state index contributed by atoms with van der Waals surface area (Å²) in [6.07, 6.45) is 7.06. The maximum atomic E-state index is 2.51. The van der Waals surface area contributed by atoms with Crippen molar-refractivity contribution in [3.05, 3.63) is 148 Å². The number of aryl methyl sites for hydroxylation is 2. The Morgan fingerprint density at radius 3 is 2.19 bits per heavy atom. The Hall–Kier alpha value is -4.16. The predicted molar refractivity (Wildman–Crippen MR) is 156 cm³/mol. The number of hydrogen-bond donors (Lipinski definition) is 0. The van der Waals surface area contributed by atoms with Gasteiger partial charge in [0, 0.05) is 0 Å². The van der Waals surface area contributed by atoms with Gasteiger partial charge < -0.3 is 0 Å². The van der Waals surface area contributed by atoms with Crippen LogP contribution in [0.2, 0.25) is 0 Å². The highest BCUT2D eigenvalue weighted by atomic mass is 14.5. The fraction of sp³-hybridized carbons (Fsp3) is 0.135. The van der Waals surface area contributed by atoms with Crippen molar-refractivity contribution in [2.45, 2.75) is 32.1 Å². The van der Waals surface area contributed by atoms with Crippen molar-refractivity contribution in [3.63, 3.8) is 0 Å². The Morgan fingerprint density at radius 1 is 0.595 bits per heavy atom. The first-order valence-corrected chi connectivity index (χ1v) is 13.4. The van der Waals surface area contributed by atoms with Gasteiger partial charge in [-0.15, -0.1) is 0 Å². The number of benzene rings is 5. The van der Waals surface area contributed by atoms with Gasteiger partial charge in [0.1, 0.15) is 0 Å². The third-order valence-corrected chi connectivity index (χ3v) is 9.11. The lowest BCUT2D eigenvalue weighted by Gasteiger charge is -2.32. The molecular weight excluding hydrogens is 444 g/mol. The van der Waals surface area contributed by atoms with E-state index in [1.807, 2.05) is 0 Å². The highest BCUT2D eigenvalue weighted by molar-refractivity contribution is 5.98. The molecule has 0 aromatic heterocycles. The minimum Gasteiger partial charge on any atom is -0.0839 e. The topological polar surface area (TPSA) is 0 Å². The number of allylic oxidation sites excluding steroid dienone is 4. The molecule has 0 bridgehead atoms. The Kier molecular flexibility index (Phi) is 4.21. The molecule has 0 heterocycles. The third-order valence-electron chi connectivity index (χ3n) is 9.11. The smallest absolute Gasteiger partial charge is 0.0722 e. The van der Waals surface area contributed by atoms with E-state index in [9.17, 15) is 0 Å². The molecule has 5 aromatic carbocycles. The molecule has 0 N–H and O–H groups in total. The zero-order valence-electron chi connectivity index (χ0n) is 21.3. The zero-order valence-corrected chi connectivity index (χ0v) is 21.3. The molecule has 1 spiro atoms. The van der Waals surface area contributed by atoms with Gasteiger partial charge in [0.15, 0.2) is 0 Å². The van der Waals surface area contributed by atoms with E-state index in [0.29, 0.717) is 0 Å². The van der Waals surface area contributed by atoms with Crippen molar-refractivity contribution in [3.8, 4) is 22.3 Å². The van der Waals surface area contributed by atoms with Crippen LogP contribution in [0.5, 0.6) is 0 Å². The van der Waals surface area contributed by atoms with E-state index in [4.69, 9.17) is 0 Å². The number of rotatable bonds is 1. The molecule has 0 amide bonds. The summed E-state index contributed by atoms with van der Waals surface area (Å²) in [7, 11) is 0. The molecule has 0 radical (unpaired) electrons. The Balaban J connectivity index is 1.46. The highest BCUT2D eigenvalue weighted by Gasteiger charge is 2.52. The van der Waals surface area contributed by atoms with Gasteiger partial charge in [-0.25, -0.2) is 0 Å². The molecule has 0 fully saturated rings. The second kappa shape index (κ2) is 7.43. The highest BCUT2D eigenvalue weighted by Crippen LogP contribution is 2.63. The minimum atomic E-state index is -0.226. The van der Waals surface area contributed by atoms with E-state index in [1.165, 1.54) is 77.6 Å². The van der Waals surface area contributed by atoms with E-state index in [-0.39, 0.29) is 5.41 Å². The summed E-state index contributed by atoms with van der Waals surface area (Å²) in [6, 6.07) is 36.6. The van der Waals surface area contributed by atoms with Crippen LogP contribution in [0.4, 0.5) is 0 Å². The lowest BCUT2D eigenvalue weighted by Crippen LogP contribution is -2.27. The molecule has 0 nitrogen and oxygen atoms in total. The van der Waals surface area contributed by atoms with Gasteiger partial charge in [-0.3, -0.25) is 0 Å². The van der Waals surface area contributed by atoms with Gasteiger partial charge in [-0.2, -0.15) is 0 Å². The summed E-state index contributed by atoms with van der Waals surface area (Å²) in [5.41, 5.74) is 16.7. The van der Waals surface area contributed by atoms with Gasteiger partial charge >= 0.3 is 0 Å². The average Bonchev–Trinajstić information content (AvgIpc) is 3.40. The lowest BCUT2D eigenvalue weighted by molar-refractivity contribution is 0.779. The standard InChI is InChI=1S/C37H28/c1-23-21-36-32(22-31(23)27-20-19-25-11-3-4-12-26(25)24(27)2)30-15-7-10-18-35(30)37(36)33-16-8-5-13-28(33)29-14-6-9-17-34(29)37/h3-5,7-13,15-22H,6,14H2,1-2H3. The third kappa shape index (κ3) is 2.58. The van der Waals surface area contributed by atoms with Gasteiger partial charge in [0.05, 0.1) is 5.41 Å². The summed E-state index contributed by atoms with van der Waals surface area (Å²) in [5.74, 6) is 0. The molecule has 1 atom stereocenters. The average molecular weight is 473 g/mol. The summed E-state index contributed by atoms with van der Waals surface area (Å²) in [4.78, 5) is 0. The van der Waals surface area contributed by atoms with Crippen molar-refractivity contribution in [2.75, 3.05) is 0 Å². The van der Waals surface area contributed by atoms with Crippen LogP contribution in [-0.4, -0.2) is 0 Å². The van der Waals surface area contributed by atoms with Crippen LogP contribution in [0.3, 0.4) is 0 Å². The molecule has 5 aromatic rings. The molecule has 3 aliphatic carbocycles.